The van der Waals surface area contributed by atoms with Gasteiger partial charge < -0.3 is 10.4 Å². The molecule has 0 fully saturated rings. The minimum absolute atomic E-state index is 0.0667. The number of para-hydroxylation sites is 1. The van der Waals surface area contributed by atoms with Gasteiger partial charge in [0.1, 0.15) is 5.75 Å². The van der Waals surface area contributed by atoms with Crippen LogP contribution >= 0.6 is 22.6 Å². The SMILES string of the molecule is O=C(Cc1ccccc1)Nc1ccccc1C(=O)NN=Cc1cc(I)ccc1O. The van der Waals surface area contributed by atoms with E-state index in [-0.39, 0.29) is 23.6 Å². The summed E-state index contributed by atoms with van der Waals surface area (Å²) >= 11 is 2.12. The minimum atomic E-state index is -0.470. The summed E-state index contributed by atoms with van der Waals surface area (Å²) in [7, 11) is 0. The van der Waals surface area contributed by atoms with Crippen LogP contribution in [-0.2, 0) is 11.2 Å². The summed E-state index contributed by atoms with van der Waals surface area (Å²) in [6.45, 7) is 0. The van der Waals surface area contributed by atoms with E-state index in [1.165, 1.54) is 6.21 Å². The fraction of sp³-hybridized carbons (Fsp3) is 0.0455. The number of carbonyl (C=O) groups excluding carboxylic acids is 2. The number of nitrogens with one attached hydrogen (secondary N) is 2. The molecule has 0 spiro atoms. The number of hydrogen-bond acceptors (Lipinski definition) is 4. The van der Waals surface area contributed by atoms with E-state index >= 15 is 0 Å². The third-order valence-corrected chi connectivity index (χ3v) is 4.68. The van der Waals surface area contributed by atoms with Crippen LogP contribution in [0.25, 0.3) is 0 Å². The standard InChI is InChI=1S/C22H18IN3O3/c23-17-10-11-20(27)16(13-17)14-24-26-22(29)18-8-4-5-9-19(18)25-21(28)12-15-6-2-1-3-7-15/h1-11,13-14,27H,12H2,(H,25,28)(H,26,29). The Balaban J connectivity index is 1.67. The zero-order valence-corrected chi connectivity index (χ0v) is 17.5. The van der Waals surface area contributed by atoms with Gasteiger partial charge in [-0.15, -0.1) is 0 Å². The molecule has 0 atom stereocenters. The topological polar surface area (TPSA) is 90.8 Å². The molecule has 0 heterocycles. The second kappa shape index (κ2) is 9.83. The number of anilines is 1. The largest absolute Gasteiger partial charge is 0.507 e. The van der Waals surface area contributed by atoms with Crippen LogP contribution in [0.1, 0.15) is 21.5 Å². The Morgan fingerprint density at radius 2 is 1.72 bits per heavy atom. The van der Waals surface area contributed by atoms with Crippen molar-refractivity contribution in [2.45, 2.75) is 6.42 Å². The molecular formula is C22H18IN3O3. The maximum absolute atomic E-state index is 12.5. The van der Waals surface area contributed by atoms with Crippen LogP contribution in [-0.4, -0.2) is 23.1 Å². The average Bonchev–Trinajstić information content (AvgIpc) is 2.71. The van der Waals surface area contributed by atoms with Crippen molar-refractivity contribution in [2.24, 2.45) is 5.10 Å². The van der Waals surface area contributed by atoms with Crippen molar-refractivity contribution in [1.29, 1.82) is 0 Å². The van der Waals surface area contributed by atoms with Crippen molar-refractivity contribution >= 4 is 46.3 Å². The molecule has 0 saturated carbocycles. The van der Waals surface area contributed by atoms with Crippen molar-refractivity contribution in [3.05, 3.63) is 93.1 Å². The number of amides is 2. The fourth-order valence-electron chi connectivity index (χ4n) is 2.62. The highest BCUT2D eigenvalue weighted by molar-refractivity contribution is 14.1. The van der Waals surface area contributed by atoms with Crippen LogP contribution < -0.4 is 10.7 Å². The average molecular weight is 499 g/mol. The van der Waals surface area contributed by atoms with Gasteiger partial charge >= 0.3 is 0 Å². The molecule has 3 N–H and O–H groups in total. The van der Waals surface area contributed by atoms with Gasteiger partial charge in [-0.2, -0.15) is 5.10 Å². The lowest BCUT2D eigenvalue weighted by atomic mass is 10.1. The summed E-state index contributed by atoms with van der Waals surface area (Å²) in [4.78, 5) is 24.8. The molecule has 0 unspecified atom stereocenters. The van der Waals surface area contributed by atoms with Gasteiger partial charge in [0, 0.05) is 9.13 Å². The minimum Gasteiger partial charge on any atom is -0.507 e. The van der Waals surface area contributed by atoms with E-state index in [2.05, 4.69) is 38.4 Å². The number of hydrogen-bond donors (Lipinski definition) is 3. The van der Waals surface area contributed by atoms with E-state index in [1.54, 1.807) is 42.5 Å². The number of halogens is 1. The second-order valence-corrected chi connectivity index (χ2v) is 7.40. The molecular weight excluding hydrogens is 481 g/mol. The molecule has 146 valence electrons. The monoisotopic (exact) mass is 499 g/mol. The van der Waals surface area contributed by atoms with Crippen molar-refractivity contribution in [3.63, 3.8) is 0 Å². The number of phenols is 1. The predicted molar refractivity (Wildman–Crippen MR) is 121 cm³/mol. The van der Waals surface area contributed by atoms with Crippen molar-refractivity contribution in [2.75, 3.05) is 5.32 Å². The van der Waals surface area contributed by atoms with E-state index in [0.29, 0.717) is 11.3 Å². The lowest BCUT2D eigenvalue weighted by molar-refractivity contribution is -0.115. The van der Waals surface area contributed by atoms with Crippen LogP contribution in [0.4, 0.5) is 5.69 Å². The normalized spacial score (nSPS) is 10.7. The molecule has 6 nitrogen and oxygen atoms in total. The van der Waals surface area contributed by atoms with E-state index < -0.39 is 5.91 Å². The van der Waals surface area contributed by atoms with Crippen LogP contribution in [0.5, 0.6) is 5.75 Å². The zero-order chi connectivity index (χ0) is 20.6. The van der Waals surface area contributed by atoms with Gasteiger partial charge in [-0.25, -0.2) is 5.43 Å². The molecule has 29 heavy (non-hydrogen) atoms. The molecule has 3 rings (SSSR count). The summed E-state index contributed by atoms with van der Waals surface area (Å²) < 4.78 is 0.930. The molecule has 0 radical (unpaired) electrons. The van der Waals surface area contributed by atoms with Crippen LogP contribution in [0.2, 0.25) is 0 Å². The first-order valence-electron chi connectivity index (χ1n) is 8.77. The lowest BCUT2D eigenvalue weighted by Crippen LogP contribution is -2.22. The van der Waals surface area contributed by atoms with Gasteiger partial charge in [0.2, 0.25) is 5.91 Å². The molecule has 3 aromatic carbocycles. The Labute approximate surface area is 181 Å². The number of nitrogens with zero attached hydrogens (tertiary/aromatic N) is 1. The van der Waals surface area contributed by atoms with E-state index in [9.17, 15) is 14.7 Å². The van der Waals surface area contributed by atoms with Gasteiger partial charge in [0.05, 0.1) is 23.9 Å². The maximum atomic E-state index is 12.5. The molecule has 7 heteroatoms. The van der Waals surface area contributed by atoms with Crippen LogP contribution in [0.3, 0.4) is 0 Å². The van der Waals surface area contributed by atoms with E-state index in [0.717, 1.165) is 9.13 Å². The van der Waals surface area contributed by atoms with E-state index in [4.69, 9.17) is 0 Å². The maximum Gasteiger partial charge on any atom is 0.273 e. The third kappa shape index (κ3) is 5.89. The van der Waals surface area contributed by atoms with Gasteiger partial charge in [0.15, 0.2) is 0 Å². The molecule has 3 aromatic rings. The highest BCUT2D eigenvalue weighted by Crippen LogP contribution is 2.18. The Bertz CT molecular complexity index is 1050. The molecule has 0 aliphatic rings. The van der Waals surface area contributed by atoms with Crippen LogP contribution in [0.15, 0.2) is 77.9 Å². The van der Waals surface area contributed by atoms with Gasteiger partial charge in [-0.05, 0) is 58.5 Å². The summed E-state index contributed by atoms with van der Waals surface area (Å²) in [6.07, 6.45) is 1.58. The molecule has 0 aromatic heterocycles. The number of phenolic OH excluding ortho intramolecular Hbond substituents is 1. The summed E-state index contributed by atoms with van der Waals surface area (Å²) in [5, 5.41) is 16.5. The third-order valence-electron chi connectivity index (χ3n) is 4.01. The number of aromatic hydroxyl groups is 1. The first-order chi connectivity index (χ1) is 14.0. The highest BCUT2D eigenvalue weighted by Gasteiger charge is 2.13. The molecule has 0 aliphatic heterocycles. The Hall–Kier alpha value is -3.20. The van der Waals surface area contributed by atoms with E-state index in [1.807, 2.05) is 30.3 Å². The van der Waals surface area contributed by atoms with Crippen molar-refractivity contribution < 1.29 is 14.7 Å². The lowest BCUT2D eigenvalue weighted by Gasteiger charge is -2.10. The zero-order valence-electron chi connectivity index (χ0n) is 15.3. The number of benzene rings is 3. The number of carbonyl (C=O) groups is 2. The summed E-state index contributed by atoms with van der Waals surface area (Å²) in [5.74, 6) is -0.622. The fourth-order valence-corrected chi connectivity index (χ4v) is 3.13. The molecule has 2 amide bonds. The highest BCUT2D eigenvalue weighted by atomic mass is 127. The Morgan fingerprint density at radius 1 is 1.00 bits per heavy atom. The molecule has 0 aliphatic carbocycles. The Morgan fingerprint density at radius 3 is 2.52 bits per heavy atom. The second-order valence-electron chi connectivity index (χ2n) is 6.16. The number of hydrazone groups is 1. The Kier molecular flexibility index (Phi) is 6.96. The number of rotatable bonds is 6. The molecule has 0 saturated heterocycles. The van der Waals surface area contributed by atoms with Gasteiger partial charge in [-0.3, -0.25) is 9.59 Å². The smallest absolute Gasteiger partial charge is 0.273 e. The van der Waals surface area contributed by atoms with Gasteiger partial charge in [-0.1, -0.05) is 42.5 Å². The van der Waals surface area contributed by atoms with Crippen molar-refractivity contribution in [3.8, 4) is 5.75 Å². The molecule has 0 bridgehead atoms. The summed E-state index contributed by atoms with van der Waals surface area (Å²) in [5.41, 5.74) is 4.48. The van der Waals surface area contributed by atoms with Crippen LogP contribution in [0, 0.1) is 3.57 Å². The first-order valence-corrected chi connectivity index (χ1v) is 9.85. The quantitative estimate of drug-likeness (QED) is 0.273. The van der Waals surface area contributed by atoms with Gasteiger partial charge in [0.25, 0.3) is 5.91 Å². The summed E-state index contributed by atoms with van der Waals surface area (Å²) in [6, 6.07) is 21.1. The first kappa shape index (κ1) is 20.5. The predicted octanol–water partition coefficient (Wildman–Crippen LogP) is 3.94. The van der Waals surface area contributed by atoms with Crippen molar-refractivity contribution in [1.82, 2.24) is 5.43 Å².